The zero-order chi connectivity index (χ0) is 13.7. The van der Waals surface area contributed by atoms with Crippen LogP contribution in [-0.2, 0) is 4.79 Å². The average Bonchev–Trinajstić information content (AvgIpc) is 2.42. The number of rotatable bonds is 4. The van der Waals surface area contributed by atoms with Crippen molar-refractivity contribution in [3.63, 3.8) is 0 Å². The molecule has 1 aliphatic heterocycles. The normalized spacial score (nSPS) is 19.8. The lowest BCUT2D eigenvalue weighted by Gasteiger charge is -2.28. The Morgan fingerprint density at radius 1 is 1.45 bits per heavy atom. The molecule has 2 rings (SSSR count). The number of hydrogen-bond donors (Lipinski definition) is 2. The number of carbonyl (C=O) groups is 1. The average molecular weight is 362 g/mol. The zero-order valence-corrected chi connectivity index (χ0v) is 14.1. The second-order valence-corrected chi connectivity index (χ2v) is 6.26. The van der Waals surface area contributed by atoms with Crippen LogP contribution in [0.4, 0.5) is 5.69 Å². The lowest BCUT2D eigenvalue weighted by molar-refractivity contribution is -0.117. The highest BCUT2D eigenvalue weighted by Crippen LogP contribution is 2.23. The predicted molar refractivity (Wildman–Crippen MR) is 89.4 cm³/mol. The highest BCUT2D eigenvalue weighted by atomic mass is 79.9. The lowest BCUT2D eigenvalue weighted by Crippen LogP contribution is -2.34. The summed E-state index contributed by atoms with van der Waals surface area (Å²) in [6, 6.07) is 7.69. The molecule has 0 radical (unpaired) electrons. The molecule has 1 aromatic carbocycles. The highest BCUT2D eigenvalue weighted by molar-refractivity contribution is 9.10. The second-order valence-electron chi connectivity index (χ2n) is 5.34. The van der Waals surface area contributed by atoms with Gasteiger partial charge in [-0.1, -0.05) is 22.9 Å². The Hall–Kier alpha value is -0.580. The van der Waals surface area contributed by atoms with Crippen LogP contribution in [0.1, 0.15) is 26.2 Å². The number of benzene rings is 1. The maximum atomic E-state index is 12.0. The van der Waals surface area contributed by atoms with Crippen molar-refractivity contribution in [3.8, 4) is 0 Å². The number of amides is 1. The fourth-order valence-corrected chi connectivity index (χ4v) is 2.83. The topological polar surface area (TPSA) is 41.1 Å². The highest BCUT2D eigenvalue weighted by Gasteiger charge is 2.21. The smallest absolute Gasteiger partial charge is 0.224 e. The summed E-state index contributed by atoms with van der Waals surface area (Å²) in [7, 11) is 0. The van der Waals surface area contributed by atoms with Crippen molar-refractivity contribution in [2.45, 2.75) is 26.2 Å². The van der Waals surface area contributed by atoms with Crippen molar-refractivity contribution >= 4 is 39.9 Å². The monoisotopic (exact) mass is 360 g/mol. The molecule has 1 saturated heterocycles. The van der Waals surface area contributed by atoms with Crippen molar-refractivity contribution < 1.29 is 4.79 Å². The van der Waals surface area contributed by atoms with Crippen molar-refractivity contribution in [1.82, 2.24) is 5.32 Å². The van der Waals surface area contributed by atoms with Crippen LogP contribution in [0.15, 0.2) is 28.7 Å². The molecule has 1 fully saturated rings. The molecule has 2 N–H and O–H groups in total. The van der Waals surface area contributed by atoms with Crippen LogP contribution >= 0.6 is 28.3 Å². The van der Waals surface area contributed by atoms with Gasteiger partial charge in [0.15, 0.2) is 0 Å². The number of hydrogen-bond acceptors (Lipinski definition) is 2. The number of carbonyl (C=O) groups excluding carboxylic acids is 1. The van der Waals surface area contributed by atoms with Crippen LogP contribution in [-0.4, -0.2) is 19.0 Å². The summed E-state index contributed by atoms with van der Waals surface area (Å²) in [6.07, 6.45) is 3.06. The SMILES string of the molecule is CC(CC(=O)Nc1ccc(Br)cc1)C1CCCNC1.Cl. The molecule has 112 valence electrons. The van der Waals surface area contributed by atoms with Gasteiger partial charge in [0.2, 0.25) is 5.91 Å². The molecule has 0 spiro atoms. The lowest BCUT2D eigenvalue weighted by atomic mass is 9.85. The van der Waals surface area contributed by atoms with Crippen LogP contribution in [0.5, 0.6) is 0 Å². The number of halogens is 2. The molecule has 0 saturated carbocycles. The third-order valence-electron chi connectivity index (χ3n) is 3.78. The molecule has 1 heterocycles. The van der Waals surface area contributed by atoms with Gasteiger partial charge >= 0.3 is 0 Å². The maximum absolute atomic E-state index is 12.0. The Morgan fingerprint density at radius 2 is 2.15 bits per heavy atom. The van der Waals surface area contributed by atoms with Crippen molar-refractivity contribution in [3.05, 3.63) is 28.7 Å². The van der Waals surface area contributed by atoms with Crippen molar-refractivity contribution in [2.24, 2.45) is 11.8 Å². The Morgan fingerprint density at radius 3 is 2.75 bits per heavy atom. The van der Waals surface area contributed by atoms with E-state index in [0.717, 1.165) is 23.2 Å². The largest absolute Gasteiger partial charge is 0.326 e. The molecule has 1 aromatic rings. The van der Waals surface area contributed by atoms with E-state index in [1.165, 1.54) is 12.8 Å². The van der Waals surface area contributed by atoms with Gasteiger partial charge < -0.3 is 10.6 Å². The Labute approximate surface area is 135 Å². The van der Waals surface area contributed by atoms with E-state index < -0.39 is 0 Å². The number of anilines is 1. The van der Waals surface area contributed by atoms with Gasteiger partial charge in [0.1, 0.15) is 0 Å². The van der Waals surface area contributed by atoms with Gasteiger partial charge in [0.25, 0.3) is 0 Å². The summed E-state index contributed by atoms with van der Waals surface area (Å²) in [5, 5.41) is 6.37. The van der Waals surface area contributed by atoms with Gasteiger partial charge in [-0.25, -0.2) is 0 Å². The van der Waals surface area contributed by atoms with Gasteiger partial charge in [0, 0.05) is 16.6 Å². The standard InChI is InChI=1S/C15H21BrN2O.ClH/c1-11(12-3-2-8-17-10-12)9-15(19)18-14-6-4-13(16)5-7-14;/h4-7,11-12,17H,2-3,8-10H2,1H3,(H,18,19);1H. The zero-order valence-electron chi connectivity index (χ0n) is 11.7. The fraction of sp³-hybridized carbons (Fsp3) is 0.533. The molecule has 2 unspecified atom stereocenters. The minimum absolute atomic E-state index is 0. The van der Waals surface area contributed by atoms with E-state index in [1.54, 1.807) is 0 Å². The summed E-state index contributed by atoms with van der Waals surface area (Å²) in [4.78, 5) is 12.0. The van der Waals surface area contributed by atoms with E-state index in [0.29, 0.717) is 18.3 Å². The minimum atomic E-state index is 0. The van der Waals surface area contributed by atoms with Crippen LogP contribution in [0.25, 0.3) is 0 Å². The van der Waals surface area contributed by atoms with E-state index in [-0.39, 0.29) is 18.3 Å². The maximum Gasteiger partial charge on any atom is 0.224 e. The van der Waals surface area contributed by atoms with E-state index in [4.69, 9.17) is 0 Å². The summed E-state index contributed by atoms with van der Waals surface area (Å²) in [5.41, 5.74) is 0.863. The van der Waals surface area contributed by atoms with Gasteiger partial charge in [0.05, 0.1) is 0 Å². The van der Waals surface area contributed by atoms with Crippen LogP contribution in [0.2, 0.25) is 0 Å². The Balaban J connectivity index is 0.00000200. The van der Waals surface area contributed by atoms with E-state index >= 15 is 0 Å². The molecular formula is C15H22BrClN2O. The fourth-order valence-electron chi connectivity index (χ4n) is 2.57. The first-order valence-corrected chi connectivity index (χ1v) is 7.70. The van der Waals surface area contributed by atoms with Crippen LogP contribution < -0.4 is 10.6 Å². The Bertz CT molecular complexity index is 418. The third-order valence-corrected chi connectivity index (χ3v) is 4.30. The first kappa shape index (κ1) is 17.5. The number of nitrogens with one attached hydrogen (secondary N) is 2. The summed E-state index contributed by atoms with van der Waals surface area (Å²) in [5.74, 6) is 1.17. The molecule has 0 bridgehead atoms. The molecule has 0 aromatic heterocycles. The third kappa shape index (κ3) is 5.43. The molecule has 20 heavy (non-hydrogen) atoms. The Kier molecular flexibility index (Phi) is 7.56. The summed E-state index contributed by atoms with van der Waals surface area (Å²) >= 11 is 3.38. The quantitative estimate of drug-likeness (QED) is 0.855. The first-order valence-electron chi connectivity index (χ1n) is 6.91. The minimum Gasteiger partial charge on any atom is -0.326 e. The molecule has 3 nitrogen and oxygen atoms in total. The molecule has 1 amide bonds. The van der Waals surface area contributed by atoms with E-state index in [9.17, 15) is 4.79 Å². The molecule has 5 heteroatoms. The predicted octanol–water partition coefficient (Wildman–Crippen LogP) is 3.84. The first-order chi connectivity index (χ1) is 9.15. The summed E-state index contributed by atoms with van der Waals surface area (Å²) in [6.45, 7) is 4.35. The van der Waals surface area contributed by atoms with E-state index in [1.807, 2.05) is 24.3 Å². The summed E-state index contributed by atoms with van der Waals surface area (Å²) < 4.78 is 1.02. The molecule has 0 aliphatic carbocycles. The van der Waals surface area contributed by atoms with Crippen LogP contribution in [0, 0.1) is 11.8 Å². The number of piperidine rings is 1. The molecule has 1 aliphatic rings. The second kappa shape index (κ2) is 8.65. The van der Waals surface area contributed by atoms with Gasteiger partial charge in [-0.2, -0.15) is 0 Å². The van der Waals surface area contributed by atoms with Gasteiger partial charge in [-0.3, -0.25) is 4.79 Å². The molecule has 2 atom stereocenters. The van der Waals surface area contributed by atoms with Gasteiger partial charge in [-0.05, 0) is 62.0 Å². The van der Waals surface area contributed by atoms with Gasteiger partial charge in [-0.15, -0.1) is 12.4 Å². The van der Waals surface area contributed by atoms with Crippen LogP contribution in [0.3, 0.4) is 0 Å². The van der Waals surface area contributed by atoms with Crippen molar-refractivity contribution in [2.75, 3.05) is 18.4 Å². The van der Waals surface area contributed by atoms with Crippen molar-refractivity contribution in [1.29, 1.82) is 0 Å². The van der Waals surface area contributed by atoms with E-state index in [2.05, 4.69) is 33.5 Å². The molecular weight excluding hydrogens is 340 g/mol.